The molecule has 1 aliphatic rings. The molecule has 0 spiro atoms. The van der Waals surface area contributed by atoms with Gasteiger partial charge in [0.05, 0.1) is 24.8 Å². The van der Waals surface area contributed by atoms with Gasteiger partial charge in [0.1, 0.15) is 11.5 Å². The van der Waals surface area contributed by atoms with Gasteiger partial charge in [-0.15, -0.1) is 5.10 Å². The van der Waals surface area contributed by atoms with Crippen LogP contribution in [-0.2, 0) is 11.3 Å². The quantitative estimate of drug-likeness (QED) is 0.276. The SMILES string of the molecule is COc1ccccc1/C=C1\S\C(=N/N=C/C=C/c2ccccc2)N(Cc2ccco2)C1=O. The molecule has 0 unspecified atom stereocenters. The van der Waals surface area contributed by atoms with Crippen LogP contribution in [0.4, 0.5) is 0 Å². The molecule has 0 N–H and O–H groups in total. The number of para-hydroxylation sites is 1. The molecular weight excluding hydrogens is 422 g/mol. The molecule has 0 bridgehead atoms. The van der Waals surface area contributed by atoms with Crippen molar-refractivity contribution in [3.05, 3.63) is 101 Å². The van der Waals surface area contributed by atoms with Crippen LogP contribution in [0.25, 0.3) is 12.2 Å². The van der Waals surface area contributed by atoms with Crippen LogP contribution in [0.1, 0.15) is 16.9 Å². The maximum absolute atomic E-state index is 13.1. The summed E-state index contributed by atoms with van der Waals surface area (Å²) in [6.45, 7) is 0.274. The van der Waals surface area contributed by atoms with Gasteiger partial charge < -0.3 is 9.15 Å². The minimum Gasteiger partial charge on any atom is -0.496 e. The Hall–Kier alpha value is -3.84. The first-order valence-electron chi connectivity index (χ1n) is 9.94. The minimum absolute atomic E-state index is 0.161. The van der Waals surface area contributed by atoms with Gasteiger partial charge in [-0.1, -0.05) is 54.6 Å². The zero-order valence-corrected chi connectivity index (χ0v) is 18.2. The lowest BCUT2D eigenvalue weighted by atomic mass is 10.2. The van der Waals surface area contributed by atoms with Crippen LogP contribution in [0.5, 0.6) is 5.75 Å². The Labute approximate surface area is 190 Å². The third-order valence-corrected chi connectivity index (χ3v) is 5.59. The summed E-state index contributed by atoms with van der Waals surface area (Å²) in [5.74, 6) is 1.20. The lowest BCUT2D eigenvalue weighted by Crippen LogP contribution is -2.28. The van der Waals surface area contributed by atoms with Crippen molar-refractivity contribution in [3.8, 4) is 5.75 Å². The highest BCUT2D eigenvalue weighted by Gasteiger charge is 2.34. The fraction of sp³-hybridized carbons (Fsp3) is 0.0800. The number of hydrogen-bond acceptors (Lipinski definition) is 6. The standard InChI is InChI=1S/C25H21N3O3S/c1-30-22-14-6-5-12-20(22)17-23-24(29)28(18-21-13-8-16-31-21)25(32-23)27-26-15-7-11-19-9-3-2-4-10-19/h2-17H,18H2,1H3/b11-7+,23-17-,26-15+,27-25-. The van der Waals surface area contributed by atoms with Gasteiger partial charge in [-0.3, -0.25) is 9.69 Å². The zero-order chi connectivity index (χ0) is 22.2. The summed E-state index contributed by atoms with van der Waals surface area (Å²) in [6, 6.07) is 21.1. The third kappa shape index (κ3) is 5.25. The minimum atomic E-state index is -0.161. The fourth-order valence-electron chi connectivity index (χ4n) is 3.05. The number of furan rings is 1. The molecule has 0 aliphatic carbocycles. The normalized spacial score (nSPS) is 16.8. The van der Waals surface area contributed by atoms with Crippen LogP contribution < -0.4 is 4.74 Å². The van der Waals surface area contributed by atoms with Gasteiger partial charge in [0.25, 0.3) is 5.91 Å². The van der Waals surface area contributed by atoms with Crippen molar-refractivity contribution >= 4 is 41.2 Å². The number of thioether (sulfide) groups is 1. The summed E-state index contributed by atoms with van der Waals surface area (Å²) in [6.07, 6.45) is 8.73. The van der Waals surface area contributed by atoms with Crippen LogP contribution >= 0.6 is 11.8 Å². The number of rotatable bonds is 7. The van der Waals surface area contributed by atoms with Crippen LogP contribution in [0.3, 0.4) is 0 Å². The zero-order valence-electron chi connectivity index (χ0n) is 17.4. The lowest BCUT2D eigenvalue weighted by Gasteiger charge is -2.12. The first kappa shape index (κ1) is 21.4. The average Bonchev–Trinajstić information content (AvgIpc) is 3.44. The largest absolute Gasteiger partial charge is 0.496 e. The van der Waals surface area contributed by atoms with E-state index in [-0.39, 0.29) is 12.5 Å². The Kier molecular flexibility index (Phi) is 6.99. The summed E-state index contributed by atoms with van der Waals surface area (Å²) in [7, 11) is 1.61. The number of carbonyl (C=O) groups is 1. The smallest absolute Gasteiger partial charge is 0.267 e. The van der Waals surface area contributed by atoms with Crippen molar-refractivity contribution in [2.75, 3.05) is 7.11 Å². The average molecular weight is 444 g/mol. The maximum atomic E-state index is 13.1. The predicted octanol–water partition coefficient (Wildman–Crippen LogP) is 5.46. The Balaban J connectivity index is 1.57. The van der Waals surface area contributed by atoms with E-state index in [1.165, 1.54) is 11.8 Å². The summed E-state index contributed by atoms with van der Waals surface area (Å²) in [5, 5.41) is 8.91. The van der Waals surface area contributed by atoms with Crippen molar-refractivity contribution in [2.45, 2.75) is 6.54 Å². The van der Waals surface area contributed by atoms with Crippen molar-refractivity contribution in [1.82, 2.24) is 4.90 Å². The Morgan fingerprint density at radius 3 is 2.66 bits per heavy atom. The van der Waals surface area contributed by atoms with Gasteiger partial charge in [-0.05, 0) is 47.7 Å². The number of ether oxygens (including phenoxy) is 1. The molecule has 2 heterocycles. The number of methoxy groups -OCH3 is 1. The van der Waals surface area contributed by atoms with E-state index in [1.807, 2.05) is 78.9 Å². The van der Waals surface area contributed by atoms with Gasteiger partial charge in [-0.25, -0.2) is 0 Å². The van der Waals surface area contributed by atoms with Gasteiger partial charge in [0, 0.05) is 11.8 Å². The number of amidine groups is 1. The number of carbonyl (C=O) groups excluding carboxylic acids is 1. The summed E-state index contributed by atoms with van der Waals surface area (Å²) in [5.41, 5.74) is 1.89. The van der Waals surface area contributed by atoms with Gasteiger partial charge >= 0.3 is 0 Å². The van der Waals surface area contributed by atoms with E-state index in [0.717, 1.165) is 11.1 Å². The van der Waals surface area contributed by atoms with E-state index in [0.29, 0.717) is 21.6 Å². The molecule has 1 saturated heterocycles. The van der Waals surface area contributed by atoms with E-state index >= 15 is 0 Å². The molecule has 32 heavy (non-hydrogen) atoms. The van der Waals surface area contributed by atoms with Crippen molar-refractivity contribution in [2.24, 2.45) is 10.2 Å². The van der Waals surface area contributed by atoms with Gasteiger partial charge in [-0.2, -0.15) is 5.10 Å². The van der Waals surface area contributed by atoms with Crippen LogP contribution in [0.15, 0.2) is 98.6 Å². The van der Waals surface area contributed by atoms with Gasteiger partial charge in [0.15, 0.2) is 5.17 Å². The fourth-order valence-corrected chi connectivity index (χ4v) is 3.97. The topological polar surface area (TPSA) is 67.4 Å². The number of amides is 1. The number of allylic oxidation sites excluding steroid dienone is 1. The molecule has 1 amide bonds. The second-order valence-corrected chi connectivity index (χ2v) is 7.75. The number of benzene rings is 2. The second-order valence-electron chi connectivity index (χ2n) is 6.74. The molecule has 3 aromatic rings. The molecule has 1 aromatic heterocycles. The van der Waals surface area contributed by atoms with Crippen LogP contribution in [-0.4, -0.2) is 29.3 Å². The molecule has 0 saturated carbocycles. The highest BCUT2D eigenvalue weighted by atomic mass is 32.2. The van der Waals surface area contributed by atoms with E-state index < -0.39 is 0 Å². The third-order valence-electron chi connectivity index (χ3n) is 4.59. The summed E-state index contributed by atoms with van der Waals surface area (Å²) < 4.78 is 10.8. The first-order chi connectivity index (χ1) is 15.7. The van der Waals surface area contributed by atoms with Crippen molar-refractivity contribution in [3.63, 3.8) is 0 Å². The number of nitrogens with zero attached hydrogens (tertiary/aromatic N) is 3. The first-order valence-corrected chi connectivity index (χ1v) is 10.8. The monoisotopic (exact) mass is 443 g/mol. The lowest BCUT2D eigenvalue weighted by molar-refractivity contribution is -0.122. The molecule has 1 fully saturated rings. The summed E-state index contributed by atoms with van der Waals surface area (Å²) in [4.78, 5) is 15.2. The van der Waals surface area contributed by atoms with E-state index in [1.54, 1.807) is 30.6 Å². The van der Waals surface area contributed by atoms with E-state index in [4.69, 9.17) is 9.15 Å². The molecule has 4 rings (SSSR count). The molecule has 0 atom stereocenters. The molecule has 2 aromatic carbocycles. The Morgan fingerprint density at radius 2 is 1.88 bits per heavy atom. The Bertz CT molecular complexity index is 1180. The molecule has 0 radical (unpaired) electrons. The summed E-state index contributed by atoms with van der Waals surface area (Å²) >= 11 is 1.27. The second kappa shape index (κ2) is 10.5. The maximum Gasteiger partial charge on any atom is 0.267 e. The highest BCUT2D eigenvalue weighted by molar-refractivity contribution is 8.18. The van der Waals surface area contributed by atoms with Crippen LogP contribution in [0.2, 0.25) is 0 Å². The van der Waals surface area contributed by atoms with E-state index in [9.17, 15) is 4.79 Å². The number of hydrogen-bond donors (Lipinski definition) is 0. The molecule has 7 heteroatoms. The van der Waals surface area contributed by atoms with Gasteiger partial charge in [0.2, 0.25) is 0 Å². The highest BCUT2D eigenvalue weighted by Crippen LogP contribution is 2.35. The van der Waals surface area contributed by atoms with Crippen LogP contribution in [0, 0.1) is 0 Å². The van der Waals surface area contributed by atoms with Crippen molar-refractivity contribution in [1.29, 1.82) is 0 Å². The predicted molar refractivity (Wildman–Crippen MR) is 129 cm³/mol. The molecule has 1 aliphatic heterocycles. The Morgan fingerprint density at radius 1 is 1.06 bits per heavy atom. The van der Waals surface area contributed by atoms with E-state index in [2.05, 4.69) is 10.2 Å². The van der Waals surface area contributed by atoms with Crippen molar-refractivity contribution < 1.29 is 13.9 Å². The molecular formula is C25H21N3O3S. The molecule has 6 nitrogen and oxygen atoms in total. The molecule has 160 valence electrons.